The van der Waals surface area contributed by atoms with Gasteiger partial charge in [0.15, 0.2) is 11.6 Å². The monoisotopic (exact) mass is 395 g/mol. The molecule has 0 N–H and O–H groups in total. The lowest BCUT2D eigenvalue weighted by molar-refractivity contribution is 0.0525. The van der Waals surface area contributed by atoms with Crippen molar-refractivity contribution in [3.05, 3.63) is 53.3 Å². The topological polar surface area (TPSA) is 72.9 Å². The zero-order valence-corrected chi connectivity index (χ0v) is 16.5. The van der Waals surface area contributed by atoms with Crippen LogP contribution in [0, 0.1) is 12.7 Å². The van der Waals surface area contributed by atoms with Crippen LogP contribution in [0.3, 0.4) is 0 Å². The Bertz CT molecular complexity index is 943. The van der Waals surface area contributed by atoms with E-state index in [-0.39, 0.29) is 29.4 Å². The van der Waals surface area contributed by atoms with E-state index in [2.05, 4.69) is 0 Å². The number of hydrogen-bond donors (Lipinski definition) is 0. The molecule has 0 radical (unpaired) electrons. The van der Waals surface area contributed by atoms with Crippen molar-refractivity contribution in [2.45, 2.75) is 25.7 Å². The average Bonchev–Trinajstić information content (AvgIpc) is 2.63. The van der Waals surface area contributed by atoms with Gasteiger partial charge >= 0.3 is 5.97 Å². The van der Waals surface area contributed by atoms with Crippen molar-refractivity contribution in [2.24, 2.45) is 0 Å². The first kappa shape index (κ1) is 20.7. The standard InChI is InChI=1S/C19H22FNO5S/c1-5-21(17-9-7-8-15(13(17)3)19(22)26-6-2)27(23,24)14-10-11-18(25-4)16(20)12-14/h7-12H,5-6H2,1-4H3. The van der Waals surface area contributed by atoms with Crippen LogP contribution in [0.2, 0.25) is 0 Å². The second-order valence-electron chi connectivity index (χ2n) is 5.64. The molecule has 0 saturated heterocycles. The number of benzene rings is 2. The lowest BCUT2D eigenvalue weighted by atomic mass is 10.1. The van der Waals surface area contributed by atoms with Gasteiger partial charge in [-0.05, 0) is 56.7 Å². The first-order valence-electron chi connectivity index (χ1n) is 8.40. The van der Waals surface area contributed by atoms with Gasteiger partial charge in [-0.3, -0.25) is 4.31 Å². The molecule has 0 aromatic heterocycles. The Morgan fingerprint density at radius 3 is 2.44 bits per heavy atom. The molecule has 0 fully saturated rings. The second-order valence-corrected chi connectivity index (χ2v) is 7.50. The molecule has 0 spiro atoms. The Morgan fingerprint density at radius 2 is 1.89 bits per heavy atom. The van der Waals surface area contributed by atoms with Gasteiger partial charge in [-0.1, -0.05) is 6.07 Å². The third-order valence-corrected chi connectivity index (χ3v) is 5.95. The average molecular weight is 395 g/mol. The summed E-state index contributed by atoms with van der Waals surface area (Å²) in [7, 11) is -2.74. The molecular weight excluding hydrogens is 373 g/mol. The van der Waals surface area contributed by atoms with Crippen molar-refractivity contribution in [3.63, 3.8) is 0 Å². The van der Waals surface area contributed by atoms with Crippen molar-refractivity contribution in [3.8, 4) is 5.75 Å². The molecule has 6 nitrogen and oxygen atoms in total. The maximum atomic E-state index is 14.0. The fourth-order valence-electron chi connectivity index (χ4n) is 2.73. The summed E-state index contributed by atoms with van der Waals surface area (Å²) in [5.41, 5.74) is 1.08. The van der Waals surface area contributed by atoms with E-state index >= 15 is 0 Å². The molecule has 0 heterocycles. The van der Waals surface area contributed by atoms with Gasteiger partial charge in [0.25, 0.3) is 10.0 Å². The summed E-state index contributed by atoms with van der Waals surface area (Å²) in [6.07, 6.45) is 0. The van der Waals surface area contributed by atoms with Crippen LogP contribution in [0.15, 0.2) is 41.3 Å². The summed E-state index contributed by atoms with van der Waals surface area (Å²) in [5, 5.41) is 0. The predicted molar refractivity (Wildman–Crippen MR) is 100 cm³/mol. The highest BCUT2D eigenvalue weighted by molar-refractivity contribution is 7.92. The number of hydrogen-bond acceptors (Lipinski definition) is 5. The van der Waals surface area contributed by atoms with Crippen LogP contribution >= 0.6 is 0 Å². The molecular formula is C19H22FNO5S. The van der Waals surface area contributed by atoms with E-state index in [1.807, 2.05) is 0 Å². The fraction of sp³-hybridized carbons (Fsp3) is 0.316. The molecule has 0 atom stereocenters. The molecule has 27 heavy (non-hydrogen) atoms. The summed E-state index contributed by atoms with van der Waals surface area (Å²) in [6, 6.07) is 8.22. The zero-order valence-electron chi connectivity index (χ0n) is 15.7. The first-order valence-corrected chi connectivity index (χ1v) is 9.84. The molecule has 2 aromatic carbocycles. The number of esters is 1. The smallest absolute Gasteiger partial charge is 0.338 e. The number of rotatable bonds is 7. The van der Waals surface area contributed by atoms with Crippen molar-refractivity contribution >= 4 is 21.7 Å². The van der Waals surface area contributed by atoms with Crippen molar-refractivity contribution < 1.29 is 27.1 Å². The number of nitrogens with zero attached hydrogens (tertiary/aromatic N) is 1. The molecule has 0 amide bonds. The van der Waals surface area contributed by atoms with Gasteiger partial charge in [0.2, 0.25) is 0 Å². The number of halogens is 1. The van der Waals surface area contributed by atoms with Gasteiger partial charge in [0.05, 0.1) is 29.9 Å². The summed E-state index contributed by atoms with van der Waals surface area (Å²) in [5.74, 6) is -1.34. The molecule has 2 aromatic rings. The summed E-state index contributed by atoms with van der Waals surface area (Å²) >= 11 is 0. The number of sulfonamides is 1. The number of ether oxygens (including phenoxy) is 2. The third-order valence-electron chi connectivity index (χ3n) is 4.07. The van der Waals surface area contributed by atoms with Gasteiger partial charge < -0.3 is 9.47 Å². The van der Waals surface area contributed by atoms with Crippen LogP contribution in [0.25, 0.3) is 0 Å². The normalized spacial score (nSPS) is 11.1. The van der Waals surface area contributed by atoms with Gasteiger partial charge in [0.1, 0.15) is 0 Å². The van der Waals surface area contributed by atoms with E-state index in [0.29, 0.717) is 11.3 Å². The summed E-state index contributed by atoms with van der Waals surface area (Å²) in [6.45, 7) is 5.31. The molecule has 146 valence electrons. The maximum absolute atomic E-state index is 14.0. The minimum Gasteiger partial charge on any atom is -0.494 e. The third kappa shape index (κ3) is 4.05. The van der Waals surface area contributed by atoms with E-state index in [1.165, 1.54) is 19.2 Å². The molecule has 2 rings (SSSR count). The van der Waals surface area contributed by atoms with Gasteiger partial charge in [-0.15, -0.1) is 0 Å². The molecule has 0 aliphatic carbocycles. The molecule has 0 unspecified atom stereocenters. The van der Waals surface area contributed by atoms with Crippen LogP contribution in [0.1, 0.15) is 29.8 Å². The van der Waals surface area contributed by atoms with E-state index in [4.69, 9.17) is 9.47 Å². The van der Waals surface area contributed by atoms with Crippen LogP contribution in [-0.2, 0) is 14.8 Å². The molecule has 0 aliphatic rings. The number of methoxy groups -OCH3 is 1. The Labute approximate surface area is 158 Å². The predicted octanol–water partition coefficient (Wildman–Crippen LogP) is 3.53. The van der Waals surface area contributed by atoms with Crippen molar-refractivity contribution in [1.82, 2.24) is 0 Å². The fourth-order valence-corrected chi connectivity index (χ4v) is 4.27. The van der Waals surface area contributed by atoms with Crippen LogP contribution in [0.5, 0.6) is 5.75 Å². The van der Waals surface area contributed by atoms with E-state index in [1.54, 1.807) is 39.0 Å². The van der Waals surface area contributed by atoms with Gasteiger partial charge in [0, 0.05) is 6.54 Å². The quantitative estimate of drug-likeness (QED) is 0.671. The van der Waals surface area contributed by atoms with Gasteiger partial charge in [-0.2, -0.15) is 0 Å². The van der Waals surface area contributed by atoms with Crippen LogP contribution < -0.4 is 9.04 Å². The largest absolute Gasteiger partial charge is 0.494 e. The first-order chi connectivity index (χ1) is 12.8. The number of carbonyl (C=O) groups excluding carboxylic acids is 1. The Balaban J connectivity index is 2.54. The highest BCUT2D eigenvalue weighted by Gasteiger charge is 2.27. The molecule has 0 saturated carbocycles. The molecule has 0 aliphatic heterocycles. The van der Waals surface area contributed by atoms with Gasteiger partial charge in [-0.25, -0.2) is 17.6 Å². The maximum Gasteiger partial charge on any atom is 0.338 e. The molecule has 0 bridgehead atoms. The molecule has 8 heteroatoms. The highest BCUT2D eigenvalue weighted by atomic mass is 32.2. The Kier molecular flexibility index (Phi) is 6.43. The van der Waals surface area contributed by atoms with Crippen molar-refractivity contribution in [2.75, 3.05) is 24.6 Å². The van der Waals surface area contributed by atoms with Crippen LogP contribution in [-0.4, -0.2) is 34.6 Å². The SMILES string of the molecule is CCOC(=O)c1cccc(N(CC)S(=O)(=O)c2ccc(OC)c(F)c2)c1C. The van der Waals surface area contributed by atoms with E-state index < -0.39 is 21.8 Å². The Hall–Kier alpha value is -2.61. The zero-order chi connectivity index (χ0) is 20.2. The highest BCUT2D eigenvalue weighted by Crippen LogP contribution is 2.30. The van der Waals surface area contributed by atoms with Crippen LogP contribution in [0.4, 0.5) is 10.1 Å². The van der Waals surface area contributed by atoms with E-state index in [9.17, 15) is 17.6 Å². The lowest BCUT2D eigenvalue weighted by Crippen LogP contribution is -2.31. The summed E-state index contributed by atoms with van der Waals surface area (Å²) in [4.78, 5) is 11.9. The minimum absolute atomic E-state index is 0.0440. The minimum atomic E-state index is -4.04. The second kappa shape index (κ2) is 8.39. The lowest BCUT2D eigenvalue weighted by Gasteiger charge is -2.25. The Morgan fingerprint density at radius 1 is 1.19 bits per heavy atom. The van der Waals surface area contributed by atoms with Crippen molar-refractivity contribution in [1.29, 1.82) is 0 Å². The van der Waals surface area contributed by atoms with E-state index in [0.717, 1.165) is 10.4 Å². The number of anilines is 1. The summed E-state index contributed by atoms with van der Waals surface area (Å²) < 4.78 is 51.2. The number of carbonyl (C=O) groups is 1.